The first kappa shape index (κ1) is 14.9. The fourth-order valence-corrected chi connectivity index (χ4v) is 4.40. The van der Waals surface area contributed by atoms with Crippen molar-refractivity contribution < 1.29 is 9.59 Å². The summed E-state index contributed by atoms with van der Waals surface area (Å²) in [7, 11) is 0. The Balaban J connectivity index is 2.03. The van der Waals surface area contributed by atoms with Crippen LogP contribution in [0.25, 0.3) is 0 Å². The number of hydrogen-bond acceptors (Lipinski definition) is 3. The van der Waals surface area contributed by atoms with E-state index in [1.807, 2.05) is 16.7 Å². The number of rotatable bonds is 3. The first-order valence-corrected chi connectivity index (χ1v) is 8.65. The van der Waals surface area contributed by atoms with E-state index in [0.717, 1.165) is 38.0 Å². The van der Waals surface area contributed by atoms with Gasteiger partial charge in [0.05, 0.1) is 5.25 Å². The van der Waals surface area contributed by atoms with Crippen LogP contribution in [0.5, 0.6) is 0 Å². The minimum absolute atomic E-state index is 0.154. The lowest BCUT2D eigenvalue weighted by Crippen LogP contribution is -2.45. The molecule has 0 aromatic rings. The molecule has 1 amide bonds. The van der Waals surface area contributed by atoms with Crippen molar-refractivity contribution in [1.29, 1.82) is 0 Å². The molecule has 0 aromatic carbocycles. The van der Waals surface area contributed by atoms with Crippen molar-refractivity contribution in [1.82, 2.24) is 4.90 Å². The van der Waals surface area contributed by atoms with Crippen LogP contribution in [-0.4, -0.2) is 40.2 Å². The average molecular weight is 283 g/mol. The molecule has 2 aliphatic heterocycles. The number of ketones is 1. The third-order valence-electron chi connectivity index (χ3n) is 4.14. The van der Waals surface area contributed by atoms with Crippen LogP contribution in [0.2, 0.25) is 0 Å². The largest absolute Gasteiger partial charge is 0.338 e. The second-order valence-electron chi connectivity index (χ2n) is 5.80. The number of thioether (sulfide) groups is 1. The highest BCUT2D eigenvalue weighted by atomic mass is 32.2. The van der Waals surface area contributed by atoms with Gasteiger partial charge in [0, 0.05) is 19.0 Å². The fourth-order valence-electron chi connectivity index (χ4n) is 3.13. The van der Waals surface area contributed by atoms with Crippen molar-refractivity contribution in [2.75, 3.05) is 12.3 Å². The molecule has 19 heavy (non-hydrogen) atoms. The molecule has 0 radical (unpaired) electrons. The lowest BCUT2D eigenvalue weighted by molar-refractivity contribution is -0.133. The van der Waals surface area contributed by atoms with Gasteiger partial charge in [0.2, 0.25) is 5.91 Å². The monoisotopic (exact) mass is 283 g/mol. The third-order valence-corrected chi connectivity index (χ3v) is 5.50. The van der Waals surface area contributed by atoms with Crippen molar-refractivity contribution in [2.24, 2.45) is 0 Å². The highest BCUT2D eigenvalue weighted by molar-refractivity contribution is 8.00. The SMILES string of the molecule is CC(=O)CC1CCCCCN1C(=O)C1CCCCS1. The Kier molecular flexibility index (Phi) is 5.74. The van der Waals surface area contributed by atoms with E-state index in [4.69, 9.17) is 0 Å². The molecule has 2 fully saturated rings. The normalized spacial score (nSPS) is 28.8. The summed E-state index contributed by atoms with van der Waals surface area (Å²) < 4.78 is 0. The van der Waals surface area contributed by atoms with Crippen molar-refractivity contribution >= 4 is 23.5 Å². The van der Waals surface area contributed by atoms with Crippen molar-refractivity contribution in [3.05, 3.63) is 0 Å². The van der Waals surface area contributed by atoms with Crippen molar-refractivity contribution in [3.8, 4) is 0 Å². The molecule has 0 aliphatic carbocycles. The van der Waals surface area contributed by atoms with Crippen LogP contribution < -0.4 is 0 Å². The lowest BCUT2D eigenvalue weighted by Gasteiger charge is -2.33. The summed E-state index contributed by atoms with van der Waals surface area (Å²) in [6, 6.07) is 0.162. The molecule has 2 atom stereocenters. The second-order valence-corrected chi connectivity index (χ2v) is 7.11. The Labute approximate surface area is 120 Å². The first-order valence-electron chi connectivity index (χ1n) is 7.60. The molecule has 2 rings (SSSR count). The molecule has 0 bridgehead atoms. The summed E-state index contributed by atoms with van der Waals surface area (Å²) in [6.45, 7) is 2.50. The average Bonchev–Trinajstić information content (AvgIpc) is 2.64. The van der Waals surface area contributed by atoms with Crippen LogP contribution in [0.3, 0.4) is 0 Å². The van der Waals surface area contributed by atoms with E-state index in [1.165, 1.54) is 19.3 Å². The topological polar surface area (TPSA) is 37.4 Å². The quantitative estimate of drug-likeness (QED) is 0.799. The minimum atomic E-state index is 0.154. The number of nitrogens with zero attached hydrogens (tertiary/aromatic N) is 1. The summed E-state index contributed by atoms with van der Waals surface area (Å²) in [4.78, 5) is 26.2. The van der Waals surface area contributed by atoms with E-state index in [0.29, 0.717) is 12.3 Å². The van der Waals surface area contributed by atoms with E-state index < -0.39 is 0 Å². The Bertz CT molecular complexity index is 326. The van der Waals surface area contributed by atoms with Crippen molar-refractivity contribution in [2.45, 2.75) is 69.6 Å². The first-order chi connectivity index (χ1) is 9.18. The fraction of sp³-hybridized carbons (Fsp3) is 0.867. The van der Waals surface area contributed by atoms with Crippen LogP contribution in [-0.2, 0) is 9.59 Å². The lowest BCUT2D eigenvalue weighted by atomic mass is 10.0. The Morgan fingerprint density at radius 3 is 2.58 bits per heavy atom. The van der Waals surface area contributed by atoms with Gasteiger partial charge in [-0.15, -0.1) is 11.8 Å². The standard InChI is InChI=1S/C15H25NO2S/c1-12(17)11-13-7-3-2-5-9-16(13)15(18)14-8-4-6-10-19-14/h13-14H,2-11H2,1H3. The van der Waals surface area contributed by atoms with Gasteiger partial charge in [-0.2, -0.15) is 0 Å². The Morgan fingerprint density at radius 1 is 1.11 bits per heavy atom. The van der Waals surface area contributed by atoms with Gasteiger partial charge in [-0.25, -0.2) is 0 Å². The van der Waals surface area contributed by atoms with Gasteiger partial charge in [-0.05, 0) is 38.4 Å². The zero-order valence-corrected chi connectivity index (χ0v) is 12.7. The van der Waals surface area contributed by atoms with E-state index in [1.54, 1.807) is 6.92 Å². The molecule has 0 aromatic heterocycles. The predicted molar refractivity (Wildman–Crippen MR) is 79.4 cm³/mol. The van der Waals surface area contributed by atoms with E-state index >= 15 is 0 Å². The summed E-state index contributed by atoms with van der Waals surface area (Å²) in [6.07, 6.45) is 8.42. The molecule has 0 saturated carbocycles. The molecule has 2 saturated heterocycles. The summed E-state index contributed by atoms with van der Waals surface area (Å²) >= 11 is 1.82. The number of hydrogen-bond donors (Lipinski definition) is 0. The maximum Gasteiger partial charge on any atom is 0.235 e. The molecule has 4 heteroatoms. The molecular weight excluding hydrogens is 258 g/mol. The summed E-state index contributed by atoms with van der Waals surface area (Å²) in [5.74, 6) is 1.63. The summed E-state index contributed by atoms with van der Waals surface area (Å²) in [5, 5.41) is 0.154. The summed E-state index contributed by atoms with van der Waals surface area (Å²) in [5.41, 5.74) is 0. The van der Waals surface area contributed by atoms with Crippen LogP contribution in [0.4, 0.5) is 0 Å². The maximum absolute atomic E-state index is 12.7. The molecule has 0 spiro atoms. The smallest absolute Gasteiger partial charge is 0.235 e. The minimum Gasteiger partial charge on any atom is -0.338 e. The molecule has 3 nitrogen and oxygen atoms in total. The van der Waals surface area contributed by atoms with Gasteiger partial charge < -0.3 is 4.90 Å². The zero-order chi connectivity index (χ0) is 13.7. The number of carbonyl (C=O) groups excluding carboxylic acids is 2. The number of amides is 1. The molecule has 2 aliphatic rings. The van der Waals surface area contributed by atoms with Crippen LogP contribution >= 0.6 is 11.8 Å². The second kappa shape index (κ2) is 7.32. The third kappa shape index (κ3) is 4.23. The number of carbonyl (C=O) groups is 2. The van der Waals surface area contributed by atoms with E-state index in [-0.39, 0.29) is 17.1 Å². The van der Waals surface area contributed by atoms with Gasteiger partial charge in [-0.1, -0.05) is 19.3 Å². The number of Topliss-reactive ketones (excluding diaryl/α,β-unsaturated/α-hetero) is 1. The molecular formula is C15H25NO2S. The highest BCUT2D eigenvalue weighted by Gasteiger charge is 2.32. The Hall–Kier alpha value is -0.510. The van der Waals surface area contributed by atoms with Crippen molar-refractivity contribution in [3.63, 3.8) is 0 Å². The van der Waals surface area contributed by atoms with Gasteiger partial charge in [0.1, 0.15) is 5.78 Å². The molecule has 2 unspecified atom stereocenters. The van der Waals surface area contributed by atoms with Gasteiger partial charge >= 0.3 is 0 Å². The van der Waals surface area contributed by atoms with Gasteiger partial charge in [0.15, 0.2) is 0 Å². The molecule has 2 heterocycles. The van der Waals surface area contributed by atoms with Gasteiger partial charge in [0.25, 0.3) is 0 Å². The van der Waals surface area contributed by atoms with Crippen LogP contribution in [0.15, 0.2) is 0 Å². The zero-order valence-electron chi connectivity index (χ0n) is 11.9. The predicted octanol–water partition coefficient (Wildman–Crippen LogP) is 3.02. The van der Waals surface area contributed by atoms with Gasteiger partial charge in [-0.3, -0.25) is 9.59 Å². The van der Waals surface area contributed by atoms with E-state index in [9.17, 15) is 9.59 Å². The van der Waals surface area contributed by atoms with Crippen LogP contribution in [0, 0.1) is 0 Å². The number of likely N-dealkylation sites (tertiary alicyclic amines) is 1. The highest BCUT2D eigenvalue weighted by Crippen LogP contribution is 2.29. The maximum atomic E-state index is 12.7. The van der Waals surface area contributed by atoms with Crippen LogP contribution in [0.1, 0.15) is 58.3 Å². The Morgan fingerprint density at radius 2 is 1.89 bits per heavy atom. The van der Waals surface area contributed by atoms with E-state index in [2.05, 4.69) is 0 Å². The molecule has 0 N–H and O–H groups in total. The molecule has 108 valence electrons.